The zero-order valence-corrected chi connectivity index (χ0v) is 15.8. The van der Waals surface area contributed by atoms with Gasteiger partial charge >= 0.3 is 0 Å². The molecule has 0 unspecified atom stereocenters. The van der Waals surface area contributed by atoms with Crippen LogP contribution in [0.2, 0.25) is 5.15 Å². The van der Waals surface area contributed by atoms with Gasteiger partial charge in [0.05, 0.1) is 0 Å². The largest absolute Gasteiger partial charge is 0.356 e. The summed E-state index contributed by atoms with van der Waals surface area (Å²) in [5.41, 5.74) is 1.96. The van der Waals surface area contributed by atoms with Crippen molar-refractivity contribution in [2.45, 2.75) is 13.0 Å². The van der Waals surface area contributed by atoms with Gasteiger partial charge in [-0.2, -0.15) is 0 Å². The average molecular weight is 449 g/mol. The fourth-order valence-electron chi connectivity index (χ4n) is 1.94. The zero-order chi connectivity index (χ0) is 15.8. The number of halogens is 3. The van der Waals surface area contributed by atoms with Gasteiger partial charge in [0.2, 0.25) is 0 Å². The third-order valence-corrected chi connectivity index (χ3v) is 3.29. The Morgan fingerprint density at radius 3 is 2.70 bits per heavy atom. The van der Waals surface area contributed by atoms with E-state index in [1.807, 2.05) is 12.1 Å². The molecule has 0 atom stereocenters. The Labute approximate surface area is 157 Å². The Morgan fingerprint density at radius 2 is 2.04 bits per heavy atom. The summed E-state index contributed by atoms with van der Waals surface area (Å²) in [5.74, 6) is 0.474. The highest BCUT2D eigenvalue weighted by Gasteiger charge is 2.00. The summed E-state index contributed by atoms with van der Waals surface area (Å²) in [7, 11) is 1.71. The molecule has 0 saturated heterocycles. The quantitative estimate of drug-likeness (QED) is 0.319. The third kappa shape index (κ3) is 7.13. The van der Waals surface area contributed by atoms with Gasteiger partial charge in [0, 0.05) is 26.3 Å². The number of hydrogen-bond donors (Lipinski definition) is 2. The first-order valence-corrected chi connectivity index (χ1v) is 7.34. The molecule has 0 aliphatic carbocycles. The number of aromatic nitrogens is 1. The second kappa shape index (κ2) is 10.4. The molecule has 2 rings (SSSR count). The number of rotatable bonds is 5. The number of pyridine rings is 1. The van der Waals surface area contributed by atoms with Crippen LogP contribution in [0.15, 0.2) is 47.6 Å². The lowest BCUT2D eigenvalue weighted by molar-refractivity contribution is 0.625. The maximum Gasteiger partial charge on any atom is 0.191 e. The third-order valence-electron chi connectivity index (χ3n) is 3.07. The molecular weight excluding hydrogens is 430 g/mol. The van der Waals surface area contributed by atoms with Gasteiger partial charge < -0.3 is 10.6 Å². The highest BCUT2D eigenvalue weighted by atomic mass is 127. The smallest absolute Gasteiger partial charge is 0.191 e. The first-order valence-electron chi connectivity index (χ1n) is 6.97. The lowest BCUT2D eigenvalue weighted by atomic mass is 10.1. The number of nitrogens with one attached hydrogen (secondary N) is 2. The maximum absolute atomic E-state index is 13.1. The van der Waals surface area contributed by atoms with Crippen LogP contribution in [0.1, 0.15) is 11.1 Å². The highest BCUT2D eigenvalue weighted by Crippen LogP contribution is 2.05. The van der Waals surface area contributed by atoms with Crippen molar-refractivity contribution in [3.63, 3.8) is 0 Å². The van der Waals surface area contributed by atoms with Crippen LogP contribution in [-0.2, 0) is 13.0 Å². The van der Waals surface area contributed by atoms with Gasteiger partial charge in [-0.15, -0.1) is 24.0 Å². The molecule has 0 spiro atoms. The van der Waals surface area contributed by atoms with Crippen LogP contribution in [-0.4, -0.2) is 24.5 Å². The normalized spacial score (nSPS) is 10.8. The molecule has 2 aromatic rings. The van der Waals surface area contributed by atoms with Crippen LogP contribution in [0, 0.1) is 5.82 Å². The lowest BCUT2D eigenvalue weighted by Gasteiger charge is -2.12. The van der Waals surface area contributed by atoms with Crippen LogP contribution >= 0.6 is 35.6 Å². The van der Waals surface area contributed by atoms with Gasteiger partial charge in [0.1, 0.15) is 11.0 Å². The van der Waals surface area contributed by atoms with E-state index >= 15 is 0 Å². The van der Waals surface area contributed by atoms with Gasteiger partial charge in [-0.25, -0.2) is 9.37 Å². The Morgan fingerprint density at radius 1 is 1.22 bits per heavy atom. The van der Waals surface area contributed by atoms with Crippen LogP contribution < -0.4 is 10.6 Å². The van der Waals surface area contributed by atoms with Gasteiger partial charge in [0.25, 0.3) is 0 Å². The molecule has 7 heteroatoms. The lowest BCUT2D eigenvalue weighted by Crippen LogP contribution is -2.37. The maximum atomic E-state index is 13.1. The molecule has 1 aromatic heterocycles. The van der Waals surface area contributed by atoms with Crippen molar-refractivity contribution < 1.29 is 4.39 Å². The van der Waals surface area contributed by atoms with E-state index in [1.54, 1.807) is 25.4 Å². The van der Waals surface area contributed by atoms with E-state index < -0.39 is 0 Å². The molecule has 0 amide bonds. The Hall–Kier alpha value is -1.41. The number of aliphatic imine (C=N–C) groups is 1. The SMILES string of the molecule is CN=C(NCCc1cccc(F)c1)NCc1ccc(Cl)nc1.I. The molecule has 124 valence electrons. The van der Waals surface area contributed by atoms with Crippen LogP contribution in [0.4, 0.5) is 4.39 Å². The van der Waals surface area contributed by atoms with Crippen molar-refractivity contribution in [2.24, 2.45) is 4.99 Å². The molecule has 4 nitrogen and oxygen atoms in total. The Bertz CT molecular complexity index is 634. The van der Waals surface area contributed by atoms with Crippen LogP contribution in [0.5, 0.6) is 0 Å². The molecule has 0 bridgehead atoms. The summed E-state index contributed by atoms with van der Waals surface area (Å²) in [6, 6.07) is 10.3. The molecule has 23 heavy (non-hydrogen) atoms. The van der Waals surface area contributed by atoms with Crippen molar-refractivity contribution >= 4 is 41.5 Å². The number of benzene rings is 1. The summed E-state index contributed by atoms with van der Waals surface area (Å²) in [5, 5.41) is 6.85. The van der Waals surface area contributed by atoms with Crippen molar-refractivity contribution in [2.75, 3.05) is 13.6 Å². The highest BCUT2D eigenvalue weighted by molar-refractivity contribution is 14.0. The minimum Gasteiger partial charge on any atom is -0.356 e. The van der Waals surface area contributed by atoms with Crippen molar-refractivity contribution in [3.8, 4) is 0 Å². The number of hydrogen-bond acceptors (Lipinski definition) is 2. The minimum atomic E-state index is -0.213. The monoisotopic (exact) mass is 448 g/mol. The second-order valence-corrected chi connectivity index (χ2v) is 5.11. The molecular formula is C16H19ClFIN4. The summed E-state index contributed by atoms with van der Waals surface area (Å²) < 4.78 is 13.1. The van der Waals surface area contributed by atoms with Gasteiger partial charge in [0.15, 0.2) is 5.96 Å². The summed E-state index contributed by atoms with van der Waals surface area (Å²) in [6.07, 6.45) is 2.44. The van der Waals surface area contributed by atoms with Gasteiger partial charge in [-0.3, -0.25) is 4.99 Å². The summed E-state index contributed by atoms with van der Waals surface area (Å²) in [4.78, 5) is 8.17. The summed E-state index contributed by atoms with van der Waals surface area (Å²) >= 11 is 5.75. The molecule has 0 radical (unpaired) electrons. The zero-order valence-electron chi connectivity index (χ0n) is 12.7. The van der Waals surface area contributed by atoms with E-state index in [2.05, 4.69) is 20.6 Å². The van der Waals surface area contributed by atoms with Crippen LogP contribution in [0.3, 0.4) is 0 Å². The van der Waals surface area contributed by atoms with Crippen LogP contribution in [0.25, 0.3) is 0 Å². The van der Waals surface area contributed by atoms with E-state index in [-0.39, 0.29) is 29.8 Å². The van der Waals surface area contributed by atoms with E-state index in [4.69, 9.17) is 11.6 Å². The average Bonchev–Trinajstić information content (AvgIpc) is 2.52. The molecule has 0 saturated carbocycles. The molecule has 1 aromatic carbocycles. The molecule has 0 aliphatic heterocycles. The molecule has 2 N–H and O–H groups in total. The fourth-order valence-corrected chi connectivity index (χ4v) is 2.05. The number of nitrogens with zero attached hydrogens (tertiary/aromatic N) is 2. The van der Waals surface area contributed by atoms with Crippen molar-refractivity contribution in [1.29, 1.82) is 0 Å². The fraction of sp³-hybridized carbons (Fsp3) is 0.250. The second-order valence-electron chi connectivity index (χ2n) is 4.72. The van der Waals surface area contributed by atoms with Crippen molar-refractivity contribution in [3.05, 3.63) is 64.7 Å². The predicted octanol–water partition coefficient (Wildman–Crippen LogP) is 3.40. The van der Waals surface area contributed by atoms with E-state index in [0.717, 1.165) is 17.5 Å². The Kier molecular flexibility index (Phi) is 8.86. The summed E-state index contributed by atoms with van der Waals surface area (Å²) in [6.45, 7) is 1.27. The molecule has 1 heterocycles. The standard InChI is InChI=1S/C16H18ClFN4.HI/c1-19-16(22-11-13-5-6-15(17)21-10-13)20-8-7-12-3-2-4-14(18)9-12;/h2-6,9-10H,7-8,11H2,1H3,(H2,19,20,22);1H. The Balaban J connectivity index is 0.00000264. The van der Waals surface area contributed by atoms with E-state index in [9.17, 15) is 4.39 Å². The topological polar surface area (TPSA) is 49.3 Å². The van der Waals surface area contributed by atoms with E-state index in [0.29, 0.717) is 24.2 Å². The van der Waals surface area contributed by atoms with E-state index in [1.165, 1.54) is 12.1 Å². The van der Waals surface area contributed by atoms with Gasteiger partial charge in [-0.1, -0.05) is 29.8 Å². The van der Waals surface area contributed by atoms with Gasteiger partial charge in [-0.05, 0) is 35.7 Å². The van der Waals surface area contributed by atoms with Crippen molar-refractivity contribution in [1.82, 2.24) is 15.6 Å². The predicted molar refractivity (Wildman–Crippen MR) is 103 cm³/mol. The first kappa shape index (κ1) is 19.6. The molecule has 0 fully saturated rings. The minimum absolute atomic E-state index is 0. The molecule has 0 aliphatic rings. The number of guanidine groups is 1. The first-order chi connectivity index (χ1) is 10.7.